The Balaban J connectivity index is 1.68. The molecule has 1 amide bonds. The largest absolute Gasteiger partial charge is 0.419 e. The van der Waals surface area contributed by atoms with Gasteiger partial charge in [-0.2, -0.15) is 0 Å². The van der Waals surface area contributed by atoms with E-state index in [0.29, 0.717) is 22.4 Å². The van der Waals surface area contributed by atoms with Gasteiger partial charge in [0.1, 0.15) is 0 Å². The van der Waals surface area contributed by atoms with E-state index in [2.05, 4.69) is 15.5 Å². The summed E-state index contributed by atoms with van der Waals surface area (Å²) in [5.74, 6) is 0.539. The number of carbonyl (C=O) groups excluding carboxylic acids is 1. The molecular formula is C17H14ClN3O2. The maximum atomic E-state index is 12.0. The van der Waals surface area contributed by atoms with E-state index in [0.717, 1.165) is 11.1 Å². The third-order valence-corrected chi connectivity index (χ3v) is 3.56. The highest BCUT2D eigenvalue weighted by molar-refractivity contribution is 6.30. The molecule has 0 aliphatic carbocycles. The van der Waals surface area contributed by atoms with Gasteiger partial charge in [-0.25, -0.2) is 0 Å². The van der Waals surface area contributed by atoms with Gasteiger partial charge in [-0.3, -0.25) is 4.79 Å². The highest BCUT2D eigenvalue weighted by Gasteiger charge is 2.12. The molecule has 3 rings (SSSR count). The molecule has 0 fully saturated rings. The van der Waals surface area contributed by atoms with Crippen LogP contribution >= 0.6 is 11.6 Å². The van der Waals surface area contributed by atoms with Crippen molar-refractivity contribution in [3.63, 3.8) is 0 Å². The Morgan fingerprint density at radius 2 is 2.00 bits per heavy atom. The number of aryl methyl sites for hydroxylation is 1. The van der Waals surface area contributed by atoms with Crippen LogP contribution in [0.4, 0.5) is 0 Å². The first-order chi connectivity index (χ1) is 11.1. The van der Waals surface area contributed by atoms with E-state index >= 15 is 0 Å². The van der Waals surface area contributed by atoms with E-state index < -0.39 is 0 Å². The predicted molar refractivity (Wildman–Crippen MR) is 87.1 cm³/mol. The van der Waals surface area contributed by atoms with Crippen molar-refractivity contribution < 1.29 is 9.21 Å². The Bertz CT molecular complexity index is 845. The first-order valence-corrected chi connectivity index (χ1v) is 7.43. The zero-order valence-electron chi connectivity index (χ0n) is 12.4. The maximum Gasteiger partial charge on any atom is 0.251 e. The molecule has 0 radical (unpaired) electrons. The van der Waals surface area contributed by atoms with Gasteiger partial charge in [0.05, 0.1) is 6.54 Å². The second kappa shape index (κ2) is 6.62. The Kier molecular flexibility index (Phi) is 4.39. The second-order valence-corrected chi connectivity index (χ2v) is 5.45. The van der Waals surface area contributed by atoms with Crippen LogP contribution in [-0.2, 0) is 6.54 Å². The zero-order valence-corrected chi connectivity index (χ0v) is 13.2. The lowest BCUT2D eigenvalue weighted by Gasteiger charge is -2.03. The van der Waals surface area contributed by atoms with E-state index in [9.17, 15) is 4.79 Å². The molecule has 0 aliphatic heterocycles. The van der Waals surface area contributed by atoms with Gasteiger partial charge in [0.2, 0.25) is 11.8 Å². The number of rotatable bonds is 4. The van der Waals surface area contributed by atoms with Crippen molar-refractivity contribution in [3.05, 3.63) is 70.6 Å². The molecule has 1 heterocycles. The minimum Gasteiger partial charge on any atom is -0.419 e. The van der Waals surface area contributed by atoms with Gasteiger partial charge < -0.3 is 9.73 Å². The maximum absolute atomic E-state index is 12.0. The van der Waals surface area contributed by atoms with E-state index in [1.807, 2.05) is 31.2 Å². The molecule has 0 saturated heterocycles. The van der Waals surface area contributed by atoms with Gasteiger partial charge in [-0.1, -0.05) is 35.9 Å². The lowest BCUT2D eigenvalue weighted by atomic mass is 10.1. The average Bonchev–Trinajstić information content (AvgIpc) is 3.02. The number of amides is 1. The van der Waals surface area contributed by atoms with Crippen LogP contribution in [-0.4, -0.2) is 16.1 Å². The molecule has 1 aromatic heterocycles. The number of aromatic nitrogens is 2. The molecule has 5 nitrogen and oxygen atoms in total. The molecule has 6 heteroatoms. The standard InChI is InChI=1S/C17H14ClN3O2/c1-11-5-2-3-8-14(11)17-21-20-15(23-17)10-19-16(22)12-6-4-7-13(18)9-12/h2-9H,10H2,1H3,(H,19,22). The van der Waals surface area contributed by atoms with E-state index in [-0.39, 0.29) is 12.5 Å². The van der Waals surface area contributed by atoms with Crippen molar-refractivity contribution >= 4 is 17.5 Å². The van der Waals surface area contributed by atoms with Crippen LogP contribution < -0.4 is 5.32 Å². The normalized spacial score (nSPS) is 10.5. The first-order valence-electron chi connectivity index (χ1n) is 7.05. The Labute approximate surface area is 138 Å². The van der Waals surface area contributed by atoms with Crippen molar-refractivity contribution in [1.82, 2.24) is 15.5 Å². The minimum atomic E-state index is -0.247. The fraction of sp³-hybridized carbons (Fsp3) is 0.118. The molecule has 23 heavy (non-hydrogen) atoms. The third-order valence-electron chi connectivity index (χ3n) is 3.33. The summed E-state index contributed by atoms with van der Waals surface area (Å²) >= 11 is 5.87. The van der Waals surface area contributed by atoms with Crippen molar-refractivity contribution in [2.45, 2.75) is 13.5 Å². The van der Waals surface area contributed by atoms with Crippen molar-refractivity contribution in [1.29, 1.82) is 0 Å². The van der Waals surface area contributed by atoms with Crippen LogP contribution in [0, 0.1) is 6.92 Å². The highest BCUT2D eigenvalue weighted by Crippen LogP contribution is 2.21. The van der Waals surface area contributed by atoms with Crippen LogP contribution in [0.2, 0.25) is 5.02 Å². The fourth-order valence-electron chi connectivity index (χ4n) is 2.13. The van der Waals surface area contributed by atoms with Gasteiger partial charge in [0.15, 0.2) is 0 Å². The number of halogens is 1. The predicted octanol–water partition coefficient (Wildman–Crippen LogP) is 3.63. The molecular weight excluding hydrogens is 314 g/mol. The van der Waals surface area contributed by atoms with Crippen LogP contribution in [0.15, 0.2) is 52.9 Å². The van der Waals surface area contributed by atoms with Crippen LogP contribution in [0.5, 0.6) is 0 Å². The number of nitrogens with zero attached hydrogens (tertiary/aromatic N) is 2. The minimum absolute atomic E-state index is 0.157. The SMILES string of the molecule is Cc1ccccc1-c1nnc(CNC(=O)c2cccc(Cl)c2)o1. The van der Waals surface area contributed by atoms with Crippen LogP contribution in [0.1, 0.15) is 21.8 Å². The molecule has 116 valence electrons. The van der Waals surface area contributed by atoms with Gasteiger partial charge in [0, 0.05) is 16.1 Å². The van der Waals surface area contributed by atoms with E-state index in [4.69, 9.17) is 16.0 Å². The summed E-state index contributed by atoms with van der Waals surface area (Å²) in [6.45, 7) is 2.13. The summed E-state index contributed by atoms with van der Waals surface area (Å²) < 4.78 is 5.60. The summed E-state index contributed by atoms with van der Waals surface area (Å²) in [6.07, 6.45) is 0. The van der Waals surface area contributed by atoms with Crippen molar-refractivity contribution in [3.8, 4) is 11.5 Å². The lowest BCUT2D eigenvalue weighted by molar-refractivity contribution is 0.0947. The van der Waals surface area contributed by atoms with Gasteiger partial charge in [-0.15, -0.1) is 10.2 Å². The lowest BCUT2D eigenvalue weighted by Crippen LogP contribution is -2.22. The summed E-state index contributed by atoms with van der Waals surface area (Å²) in [5.41, 5.74) is 2.41. The smallest absolute Gasteiger partial charge is 0.251 e. The Hall–Kier alpha value is -2.66. The summed E-state index contributed by atoms with van der Waals surface area (Å²) in [4.78, 5) is 12.0. The van der Waals surface area contributed by atoms with Gasteiger partial charge in [-0.05, 0) is 36.8 Å². The highest BCUT2D eigenvalue weighted by atomic mass is 35.5. The quantitative estimate of drug-likeness (QED) is 0.794. The van der Waals surface area contributed by atoms with Gasteiger partial charge in [0.25, 0.3) is 5.91 Å². The van der Waals surface area contributed by atoms with E-state index in [1.54, 1.807) is 24.3 Å². The molecule has 0 saturated carbocycles. The zero-order chi connectivity index (χ0) is 16.2. The monoisotopic (exact) mass is 327 g/mol. The molecule has 0 unspecified atom stereocenters. The number of benzene rings is 2. The molecule has 0 aliphatic rings. The van der Waals surface area contributed by atoms with Crippen LogP contribution in [0.25, 0.3) is 11.5 Å². The fourth-order valence-corrected chi connectivity index (χ4v) is 2.32. The van der Waals surface area contributed by atoms with Crippen molar-refractivity contribution in [2.24, 2.45) is 0 Å². The molecule has 1 N–H and O–H groups in total. The second-order valence-electron chi connectivity index (χ2n) is 5.01. The summed E-state index contributed by atoms with van der Waals surface area (Å²) in [6, 6.07) is 14.5. The Morgan fingerprint density at radius 3 is 2.78 bits per heavy atom. The average molecular weight is 328 g/mol. The number of hydrogen-bond acceptors (Lipinski definition) is 4. The number of nitrogens with one attached hydrogen (secondary N) is 1. The summed E-state index contributed by atoms with van der Waals surface area (Å²) in [5, 5.41) is 11.2. The number of hydrogen-bond donors (Lipinski definition) is 1. The molecule has 0 atom stereocenters. The first kappa shape index (κ1) is 15.2. The van der Waals surface area contributed by atoms with Crippen LogP contribution in [0.3, 0.4) is 0 Å². The molecule has 2 aromatic carbocycles. The summed E-state index contributed by atoms with van der Waals surface area (Å²) in [7, 11) is 0. The number of carbonyl (C=O) groups is 1. The molecule has 3 aromatic rings. The third kappa shape index (κ3) is 3.57. The van der Waals surface area contributed by atoms with Gasteiger partial charge >= 0.3 is 0 Å². The Morgan fingerprint density at radius 1 is 1.17 bits per heavy atom. The molecule has 0 bridgehead atoms. The topological polar surface area (TPSA) is 68.0 Å². The van der Waals surface area contributed by atoms with Crippen molar-refractivity contribution in [2.75, 3.05) is 0 Å². The molecule has 0 spiro atoms. The van der Waals surface area contributed by atoms with E-state index in [1.165, 1.54) is 0 Å².